The number of carbonyl (C=O) groups is 2. The van der Waals surface area contributed by atoms with Crippen LogP contribution in [0.2, 0.25) is 5.02 Å². The second-order valence-corrected chi connectivity index (χ2v) is 10.9. The molecule has 41 heavy (non-hydrogen) atoms. The predicted octanol–water partition coefficient (Wildman–Crippen LogP) is 4.95. The summed E-state index contributed by atoms with van der Waals surface area (Å²) in [7, 11) is -1.76. The van der Waals surface area contributed by atoms with Crippen molar-refractivity contribution in [1.82, 2.24) is 9.55 Å². The van der Waals surface area contributed by atoms with Gasteiger partial charge in [-0.3, -0.25) is 9.10 Å². The van der Waals surface area contributed by atoms with E-state index in [1.165, 1.54) is 19.2 Å². The Morgan fingerprint density at radius 3 is 2.27 bits per heavy atom. The molecule has 3 aromatic carbocycles. The molecule has 0 aliphatic heterocycles. The SMILES string of the molecule is COC(=O)c1cc(C)c([C@@H](OCC(=O)CN(c2ccc(Cl)cc2)[SH](=O)=O)c2cc(-n3ccnc3)ccc2C)c(C)c1. The number of methoxy groups -OCH3 is 1. The van der Waals surface area contributed by atoms with E-state index in [2.05, 4.69) is 4.98 Å². The predicted molar refractivity (Wildman–Crippen MR) is 157 cm³/mol. The fourth-order valence-corrected chi connectivity index (χ4v) is 5.40. The molecule has 0 N–H and O–H groups in total. The van der Waals surface area contributed by atoms with Crippen LogP contribution in [0.1, 0.15) is 44.3 Å². The maximum Gasteiger partial charge on any atom is 0.337 e. The van der Waals surface area contributed by atoms with Crippen LogP contribution in [0, 0.1) is 20.8 Å². The number of aromatic nitrogens is 2. The fourth-order valence-electron chi connectivity index (χ4n) is 4.68. The summed E-state index contributed by atoms with van der Waals surface area (Å²) in [6.07, 6.45) is 4.49. The van der Waals surface area contributed by atoms with Crippen LogP contribution in [0.5, 0.6) is 0 Å². The Morgan fingerprint density at radius 1 is 1.00 bits per heavy atom. The molecule has 0 unspecified atom stereocenters. The summed E-state index contributed by atoms with van der Waals surface area (Å²) in [5, 5.41) is 0.449. The fraction of sp³-hybridized carbons (Fsp3) is 0.233. The van der Waals surface area contributed by atoms with Gasteiger partial charge in [-0.1, -0.05) is 17.7 Å². The molecule has 1 heterocycles. The van der Waals surface area contributed by atoms with Crippen molar-refractivity contribution < 1.29 is 27.5 Å². The normalized spacial score (nSPS) is 11.9. The molecule has 11 heteroatoms. The number of esters is 1. The topological polar surface area (TPSA) is 108 Å². The average molecular weight is 596 g/mol. The van der Waals surface area contributed by atoms with Crippen LogP contribution >= 0.6 is 11.6 Å². The lowest BCUT2D eigenvalue weighted by Crippen LogP contribution is -2.31. The van der Waals surface area contributed by atoms with Gasteiger partial charge in [-0.15, -0.1) is 0 Å². The monoisotopic (exact) mass is 595 g/mol. The van der Waals surface area contributed by atoms with Gasteiger partial charge in [-0.2, -0.15) is 0 Å². The zero-order valence-corrected chi connectivity index (χ0v) is 24.7. The van der Waals surface area contributed by atoms with Gasteiger partial charge < -0.3 is 14.0 Å². The number of anilines is 1. The van der Waals surface area contributed by atoms with E-state index in [-0.39, 0.29) is 6.61 Å². The Kier molecular flexibility index (Phi) is 9.59. The van der Waals surface area contributed by atoms with E-state index in [1.807, 2.05) is 49.7 Å². The highest BCUT2D eigenvalue weighted by atomic mass is 35.5. The van der Waals surface area contributed by atoms with Gasteiger partial charge in [0, 0.05) is 23.1 Å². The lowest BCUT2D eigenvalue weighted by Gasteiger charge is -2.26. The second-order valence-electron chi connectivity index (χ2n) is 9.53. The quantitative estimate of drug-likeness (QED) is 0.193. The number of halogens is 1. The molecule has 0 aliphatic carbocycles. The van der Waals surface area contributed by atoms with Crippen LogP contribution < -0.4 is 4.31 Å². The molecular weight excluding hydrogens is 566 g/mol. The Bertz CT molecular complexity index is 1600. The van der Waals surface area contributed by atoms with Gasteiger partial charge in [0.2, 0.25) is 10.9 Å². The third-order valence-electron chi connectivity index (χ3n) is 6.68. The van der Waals surface area contributed by atoms with E-state index < -0.39 is 35.3 Å². The summed E-state index contributed by atoms with van der Waals surface area (Å²) in [6, 6.07) is 15.5. The summed E-state index contributed by atoms with van der Waals surface area (Å²) in [5.74, 6) is -0.892. The van der Waals surface area contributed by atoms with Crippen LogP contribution in [0.15, 0.2) is 73.3 Å². The van der Waals surface area contributed by atoms with Crippen molar-refractivity contribution in [3.05, 3.63) is 112 Å². The number of imidazole rings is 1. The number of Topliss-reactive ketones (excluding diaryl/α,β-unsaturated/α-hetero) is 1. The number of nitrogens with zero attached hydrogens (tertiary/aromatic N) is 3. The Labute approximate surface area is 245 Å². The van der Waals surface area contributed by atoms with Gasteiger partial charge in [-0.25, -0.2) is 18.2 Å². The van der Waals surface area contributed by atoms with E-state index in [0.29, 0.717) is 16.3 Å². The van der Waals surface area contributed by atoms with E-state index in [1.54, 1.807) is 36.8 Å². The highest BCUT2D eigenvalue weighted by Crippen LogP contribution is 2.35. The van der Waals surface area contributed by atoms with Crippen LogP contribution in [-0.4, -0.2) is 50.0 Å². The maximum atomic E-state index is 13.1. The van der Waals surface area contributed by atoms with Crippen molar-refractivity contribution in [3.8, 4) is 5.69 Å². The van der Waals surface area contributed by atoms with Gasteiger partial charge in [0.15, 0.2) is 5.78 Å². The summed E-state index contributed by atoms with van der Waals surface area (Å²) in [4.78, 5) is 29.5. The van der Waals surface area contributed by atoms with Crippen LogP contribution in [0.3, 0.4) is 0 Å². The summed E-state index contributed by atoms with van der Waals surface area (Å²) < 4.78 is 38.0. The first-order chi connectivity index (χ1) is 19.6. The molecular formula is C30H30ClN3O6S. The number of carbonyl (C=O) groups excluding carboxylic acids is 2. The third-order valence-corrected chi connectivity index (χ3v) is 7.70. The van der Waals surface area contributed by atoms with Crippen molar-refractivity contribution in [2.75, 3.05) is 24.6 Å². The lowest BCUT2D eigenvalue weighted by molar-refractivity contribution is -0.123. The molecule has 0 fully saturated rings. The summed E-state index contributed by atoms with van der Waals surface area (Å²) >= 11 is 5.93. The molecule has 0 radical (unpaired) electrons. The number of ketones is 1. The highest BCUT2D eigenvalue weighted by Gasteiger charge is 2.25. The molecule has 214 valence electrons. The van der Waals surface area contributed by atoms with Gasteiger partial charge in [-0.05, 0) is 97.1 Å². The minimum absolute atomic E-state index is 0.323. The molecule has 0 bridgehead atoms. The Morgan fingerprint density at radius 2 is 1.68 bits per heavy atom. The highest BCUT2D eigenvalue weighted by molar-refractivity contribution is 7.74. The van der Waals surface area contributed by atoms with Crippen LogP contribution in [-0.2, 0) is 25.2 Å². The lowest BCUT2D eigenvalue weighted by atomic mass is 9.89. The number of hydrogen-bond acceptors (Lipinski definition) is 7. The molecule has 4 aromatic rings. The average Bonchev–Trinajstić information content (AvgIpc) is 3.48. The van der Waals surface area contributed by atoms with E-state index in [4.69, 9.17) is 21.1 Å². The largest absolute Gasteiger partial charge is 0.465 e. The molecule has 1 atom stereocenters. The van der Waals surface area contributed by atoms with Crippen molar-refractivity contribution in [2.45, 2.75) is 26.9 Å². The van der Waals surface area contributed by atoms with Crippen molar-refractivity contribution in [2.24, 2.45) is 0 Å². The number of benzene rings is 3. The smallest absolute Gasteiger partial charge is 0.337 e. The molecule has 0 saturated carbocycles. The van der Waals surface area contributed by atoms with Crippen LogP contribution in [0.4, 0.5) is 5.69 Å². The number of ether oxygens (including phenoxy) is 2. The number of thiol groups is 1. The van der Waals surface area contributed by atoms with Crippen molar-refractivity contribution in [1.29, 1.82) is 0 Å². The minimum atomic E-state index is -3.09. The number of rotatable bonds is 11. The van der Waals surface area contributed by atoms with E-state index >= 15 is 0 Å². The Hall–Kier alpha value is -3.99. The molecule has 4 rings (SSSR count). The van der Waals surface area contributed by atoms with Crippen LogP contribution in [0.25, 0.3) is 5.69 Å². The third kappa shape index (κ3) is 7.02. The van der Waals surface area contributed by atoms with Gasteiger partial charge in [0.1, 0.15) is 12.7 Å². The molecule has 0 spiro atoms. The van der Waals surface area contributed by atoms with Gasteiger partial charge in [0.05, 0.1) is 31.2 Å². The number of hydrogen-bond donors (Lipinski definition) is 1. The molecule has 9 nitrogen and oxygen atoms in total. The zero-order valence-electron chi connectivity index (χ0n) is 23.0. The summed E-state index contributed by atoms with van der Waals surface area (Å²) in [6.45, 7) is 4.92. The van der Waals surface area contributed by atoms with Crippen molar-refractivity contribution >= 4 is 39.9 Å². The van der Waals surface area contributed by atoms with E-state index in [0.717, 1.165) is 37.8 Å². The molecule has 0 amide bonds. The number of aryl methyl sites for hydroxylation is 3. The van der Waals surface area contributed by atoms with E-state index in [9.17, 15) is 18.0 Å². The van der Waals surface area contributed by atoms with Gasteiger partial charge >= 0.3 is 5.97 Å². The molecule has 0 saturated heterocycles. The summed E-state index contributed by atoms with van der Waals surface area (Å²) in [5.41, 5.74) is 5.66. The second kappa shape index (κ2) is 13.1. The Balaban J connectivity index is 1.70. The standard InChI is InChI=1S/C30H30ClN3O6S/c1-19-5-8-25(33-12-11-32-18-33)15-27(19)29(28-20(2)13-22(14-21(28)3)30(36)39-4)40-17-26(35)16-34(41(37)38)24-9-6-23(31)7-10-24/h5-15,18,29,41H,16-17H2,1-4H3/t29-/m0/s1. The first-order valence-electron chi connectivity index (χ1n) is 12.7. The first-order valence-corrected chi connectivity index (χ1v) is 14.2. The van der Waals surface area contributed by atoms with Gasteiger partial charge in [0.25, 0.3) is 0 Å². The maximum absolute atomic E-state index is 13.1. The molecule has 0 aliphatic rings. The zero-order chi connectivity index (χ0) is 29.7. The minimum Gasteiger partial charge on any atom is -0.465 e. The molecule has 1 aromatic heterocycles. The van der Waals surface area contributed by atoms with Crippen molar-refractivity contribution in [3.63, 3.8) is 0 Å². The first kappa shape index (κ1) is 30.0.